The van der Waals surface area contributed by atoms with Crippen molar-refractivity contribution < 1.29 is 8.78 Å². The number of nitrogens with zero attached hydrogens (tertiary/aromatic N) is 2. The van der Waals surface area contributed by atoms with Crippen molar-refractivity contribution in [2.75, 3.05) is 6.54 Å². The maximum absolute atomic E-state index is 13.0. The lowest BCUT2D eigenvalue weighted by atomic mass is 10.1. The summed E-state index contributed by atoms with van der Waals surface area (Å²) in [5, 5.41) is 3.18. The number of hydrogen-bond acceptors (Lipinski definition) is 3. The van der Waals surface area contributed by atoms with Gasteiger partial charge in [-0.1, -0.05) is 0 Å². The second-order valence-corrected chi connectivity index (χ2v) is 4.30. The molecule has 100 valence electrons. The Morgan fingerprint density at radius 2 is 1.89 bits per heavy atom. The van der Waals surface area contributed by atoms with Gasteiger partial charge in [-0.2, -0.15) is 0 Å². The monoisotopic (exact) mass is 263 g/mol. The van der Waals surface area contributed by atoms with Crippen molar-refractivity contribution in [2.45, 2.75) is 19.9 Å². The van der Waals surface area contributed by atoms with Gasteiger partial charge in [0.15, 0.2) is 0 Å². The molecule has 3 nitrogen and oxygen atoms in total. The van der Waals surface area contributed by atoms with Crippen LogP contribution in [0.4, 0.5) is 8.78 Å². The molecular weight excluding hydrogens is 248 g/mol. The molecule has 1 aromatic carbocycles. The molecule has 0 amide bonds. The van der Waals surface area contributed by atoms with Crippen LogP contribution < -0.4 is 5.32 Å². The number of rotatable bonds is 5. The Bertz CT molecular complexity index is 538. The standard InChI is InChI=1S/C14H15F2N3/c1-10-18-5-3-14(19-10)9-17-4-2-11-6-12(15)8-13(16)7-11/h3,5-8,17H,2,4,9H2,1H3. The van der Waals surface area contributed by atoms with Crippen LogP contribution in [0.2, 0.25) is 0 Å². The Kier molecular flexibility index (Phi) is 4.52. The van der Waals surface area contributed by atoms with Crippen molar-refractivity contribution >= 4 is 0 Å². The quantitative estimate of drug-likeness (QED) is 0.842. The fourth-order valence-electron chi connectivity index (χ4n) is 1.81. The summed E-state index contributed by atoms with van der Waals surface area (Å²) in [7, 11) is 0. The lowest BCUT2D eigenvalue weighted by molar-refractivity contribution is 0.577. The van der Waals surface area contributed by atoms with E-state index in [1.54, 1.807) is 6.20 Å². The molecule has 0 aliphatic rings. The highest BCUT2D eigenvalue weighted by Gasteiger charge is 2.01. The van der Waals surface area contributed by atoms with Crippen LogP contribution in [0, 0.1) is 18.6 Å². The van der Waals surface area contributed by atoms with E-state index in [4.69, 9.17) is 0 Å². The molecule has 1 heterocycles. The van der Waals surface area contributed by atoms with Gasteiger partial charge in [-0.3, -0.25) is 0 Å². The normalized spacial score (nSPS) is 10.7. The first-order valence-corrected chi connectivity index (χ1v) is 6.08. The minimum Gasteiger partial charge on any atom is -0.311 e. The summed E-state index contributed by atoms with van der Waals surface area (Å²) in [6, 6.07) is 5.40. The SMILES string of the molecule is Cc1nccc(CNCCc2cc(F)cc(F)c2)n1. The zero-order valence-electron chi connectivity index (χ0n) is 10.7. The third-order valence-electron chi connectivity index (χ3n) is 2.65. The van der Waals surface area contributed by atoms with Crippen molar-refractivity contribution in [3.05, 3.63) is 59.2 Å². The van der Waals surface area contributed by atoms with Gasteiger partial charge in [0, 0.05) is 18.8 Å². The van der Waals surface area contributed by atoms with E-state index in [9.17, 15) is 8.78 Å². The molecule has 0 spiro atoms. The molecule has 0 aliphatic heterocycles. The molecule has 5 heteroatoms. The first-order valence-electron chi connectivity index (χ1n) is 6.08. The average molecular weight is 263 g/mol. The number of halogens is 2. The highest BCUT2D eigenvalue weighted by Crippen LogP contribution is 2.08. The molecule has 1 aromatic heterocycles. The molecular formula is C14H15F2N3. The summed E-state index contributed by atoms with van der Waals surface area (Å²) in [4.78, 5) is 8.27. The van der Waals surface area contributed by atoms with E-state index < -0.39 is 11.6 Å². The zero-order chi connectivity index (χ0) is 13.7. The van der Waals surface area contributed by atoms with Gasteiger partial charge in [-0.15, -0.1) is 0 Å². The van der Waals surface area contributed by atoms with Crippen molar-refractivity contribution in [3.63, 3.8) is 0 Å². The van der Waals surface area contributed by atoms with E-state index in [-0.39, 0.29) is 0 Å². The van der Waals surface area contributed by atoms with Crippen molar-refractivity contribution in [1.29, 1.82) is 0 Å². The van der Waals surface area contributed by atoms with Gasteiger partial charge in [0.2, 0.25) is 0 Å². The lowest BCUT2D eigenvalue weighted by Crippen LogP contribution is -2.17. The molecule has 0 saturated heterocycles. The lowest BCUT2D eigenvalue weighted by Gasteiger charge is -2.05. The molecule has 19 heavy (non-hydrogen) atoms. The molecule has 0 atom stereocenters. The Labute approximate surface area is 110 Å². The molecule has 0 bridgehead atoms. The van der Waals surface area contributed by atoms with Crippen LogP contribution in [0.25, 0.3) is 0 Å². The van der Waals surface area contributed by atoms with E-state index in [1.165, 1.54) is 12.1 Å². The summed E-state index contributed by atoms with van der Waals surface area (Å²) in [5.41, 5.74) is 1.54. The minimum atomic E-state index is -0.540. The molecule has 0 unspecified atom stereocenters. The summed E-state index contributed by atoms with van der Waals surface area (Å²) < 4.78 is 25.9. The van der Waals surface area contributed by atoms with E-state index in [2.05, 4.69) is 15.3 Å². The summed E-state index contributed by atoms with van der Waals surface area (Å²) in [6.45, 7) is 3.08. The highest BCUT2D eigenvalue weighted by molar-refractivity contribution is 5.18. The topological polar surface area (TPSA) is 37.8 Å². The summed E-state index contributed by atoms with van der Waals surface area (Å²) >= 11 is 0. The van der Waals surface area contributed by atoms with Gasteiger partial charge in [0.1, 0.15) is 17.5 Å². The minimum absolute atomic E-state index is 0.540. The smallest absolute Gasteiger partial charge is 0.126 e. The van der Waals surface area contributed by atoms with E-state index in [1.807, 2.05) is 13.0 Å². The summed E-state index contributed by atoms with van der Waals surface area (Å²) in [5.74, 6) is -0.352. The number of nitrogens with one attached hydrogen (secondary N) is 1. The first-order chi connectivity index (χ1) is 9.13. The van der Waals surface area contributed by atoms with E-state index >= 15 is 0 Å². The van der Waals surface area contributed by atoms with Gasteiger partial charge < -0.3 is 5.32 Å². The fourth-order valence-corrected chi connectivity index (χ4v) is 1.81. The van der Waals surface area contributed by atoms with Crippen LogP contribution in [0.15, 0.2) is 30.5 Å². The van der Waals surface area contributed by atoms with Crippen LogP contribution in [-0.4, -0.2) is 16.5 Å². The molecule has 0 radical (unpaired) electrons. The van der Waals surface area contributed by atoms with Crippen molar-refractivity contribution in [1.82, 2.24) is 15.3 Å². The number of hydrogen-bond donors (Lipinski definition) is 1. The van der Waals surface area contributed by atoms with Crippen LogP contribution in [0.5, 0.6) is 0 Å². The van der Waals surface area contributed by atoms with E-state index in [0.29, 0.717) is 25.1 Å². The predicted octanol–water partition coefficient (Wildman–Crippen LogP) is 2.40. The largest absolute Gasteiger partial charge is 0.311 e. The molecule has 0 saturated carbocycles. The van der Waals surface area contributed by atoms with Crippen molar-refractivity contribution in [2.24, 2.45) is 0 Å². The van der Waals surface area contributed by atoms with E-state index in [0.717, 1.165) is 17.6 Å². The Balaban J connectivity index is 1.80. The molecule has 1 N–H and O–H groups in total. The van der Waals surface area contributed by atoms with Crippen LogP contribution in [0.3, 0.4) is 0 Å². The molecule has 0 aliphatic carbocycles. The van der Waals surface area contributed by atoms with Crippen LogP contribution in [0.1, 0.15) is 17.1 Å². The maximum Gasteiger partial charge on any atom is 0.126 e. The van der Waals surface area contributed by atoms with Gasteiger partial charge in [-0.25, -0.2) is 18.7 Å². The molecule has 0 fully saturated rings. The Morgan fingerprint density at radius 1 is 1.16 bits per heavy atom. The summed E-state index contributed by atoms with van der Waals surface area (Å²) in [6.07, 6.45) is 2.28. The second kappa shape index (κ2) is 6.33. The number of aryl methyl sites for hydroxylation is 1. The number of benzene rings is 1. The van der Waals surface area contributed by atoms with Gasteiger partial charge >= 0.3 is 0 Å². The van der Waals surface area contributed by atoms with Crippen LogP contribution in [-0.2, 0) is 13.0 Å². The average Bonchev–Trinajstić information content (AvgIpc) is 2.34. The number of aromatic nitrogens is 2. The molecule has 2 aromatic rings. The first kappa shape index (κ1) is 13.5. The molecule has 2 rings (SSSR count). The van der Waals surface area contributed by atoms with Gasteiger partial charge in [0.05, 0.1) is 5.69 Å². The maximum atomic E-state index is 13.0. The highest BCUT2D eigenvalue weighted by atomic mass is 19.1. The van der Waals surface area contributed by atoms with Gasteiger partial charge in [-0.05, 0) is 43.7 Å². The zero-order valence-corrected chi connectivity index (χ0v) is 10.7. The van der Waals surface area contributed by atoms with Gasteiger partial charge in [0.25, 0.3) is 0 Å². The third-order valence-corrected chi connectivity index (χ3v) is 2.65. The Hall–Kier alpha value is -1.88. The fraction of sp³-hybridized carbons (Fsp3) is 0.286. The third kappa shape index (κ3) is 4.37. The van der Waals surface area contributed by atoms with Crippen molar-refractivity contribution in [3.8, 4) is 0 Å². The Morgan fingerprint density at radius 3 is 2.58 bits per heavy atom. The second-order valence-electron chi connectivity index (χ2n) is 4.30. The van der Waals surface area contributed by atoms with Crippen LogP contribution >= 0.6 is 0 Å². The predicted molar refractivity (Wildman–Crippen MR) is 68.5 cm³/mol.